The molecule has 3 nitrogen and oxygen atoms in total. The Bertz CT molecular complexity index is 537. The van der Waals surface area contributed by atoms with Crippen LogP contribution in [-0.2, 0) is 11.2 Å². The van der Waals surface area contributed by atoms with Crippen molar-refractivity contribution in [2.24, 2.45) is 0 Å². The summed E-state index contributed by atoms with van der Waals surface area (Å²) in [4.78, 5) is 10.5. The van der Waals surface area contributed by atoms with Crippen LogP contribution >= 0.6 is 0 Å². The van der Waals surface area contributed by atoms with Crippen LogP contribution in [0.3, 0.4) is 0 Å². The number of ether oxygens (including phenoxy) is 1. The van der Waals surface area contributed by atoms with Crippen molar-refractivity contribution in [1.82, 2.24) is 0 Å². The quantitative estimate of drug-likeness (QED) is 0.729. The zero-order valence-electron chi connectivity index (χ0n) is 11.2. The molecule has 0 amide bonds. The molecule has 0 unspecified atom stereocenters. The highest BCUT2D eigenvalue weighted by molar-refractivity contribution is 5.85. The largest absolute Gasteiger partial charge is 0.493 e. The fourth-order valence-corrected chi connectivity index (χ4v) is 1.20. The maximum Gasteiger partial charge on any atom is 0.328 e. The zero-order chi connectivity index (χ0) is 13.6. The minimum Gasteiger partial charge on any atom is -0.493 e. The summed E-state index contributed by atoms with van der Waals surface area (Å²) in [5, 5.41) is 8.57. The topological polar surface area (TPSA) is 46.5 Å². The van der Waals surface area contributed by atoms with Crippen LogP contribution in [-0.4, -0.2) is 17.6 Å². The molecule has 0 aliphatic carbocycles. The SMILES string of the molecule is [2H]C1([2H])Oc2cccc(/C=C/C(=O)O)c2C1([2H])[2H]. The molecule has 1 aliphatic heterocycles. The molecule has 3 heteroatoms. The highest BCUT2D eigenvalue weighted by atomic mass is 16.5. The van der Waals surface area contributed by atoms with Crippen LogP contribution in [0.2, 0.25) is 0 Å². The lowest BCUT2D eigenvalue weighted by molar-refractivity contribution is -0.131. The summed E-state index contributed by atoms with van der Waals surface area (Å²) in [5.41, 5.74) is 0.328. The van der Waals surface area contributed by atoms with E-state index in [4.69, 9.17) is 15.3 Å². The van der Waals surface area contributed by atoms with Crippen LogP contribution in [0, 0.1) is 0 Å². The molecular weight excluding hydrogens is 180 g/mol. The lowest BCUT2D eigenvalue weighted by atomic mass is 10.0. The van der Waals surface area contributed by atoms with Crippen LogP contribution < -0.4 is 4.74 Å². The second-order valence-corrected chi connectivity index (χ2v) is 2.72. The lowest BCUT2D eigenvalue weighted by Gasteiger charge is -2.00. The van der Waals surface area contributed by atoms with E-state index >= 15 is 0 Å². The minimum absolute atomic E-state index is 0.0347. The van der Waals surface area contributed by atoms with Gasteiger partial charge >= 0.3 is 5.97 Å². The third-order valence-corrected chi connectivity index (χ3v) is 1.80. The summed E-state index contributed by atoms with van der Waals surface area (Å²) >= 11 is 0. The van der Waals surface area contributed by atoms with Gasteiger partial charge in [-0.25, -0.2) is 4.79 Å². The van der Waals surface area contributed by atoms with Crippen molar-refractivity contribution >= 4 is 12.0 Å². The first-order valence-corrected chi connectivity index (χ1v) is 3.99. The number of carboxylic acid groups (broad SMARTS) is 1. The van der Waals surface area contributed by atoms with Gasteiger partial charge in [0.05, 0.1) is 9.30 Å². The van der Waals surface area contributed by atoms with E-state index in [1.807, 2.05) is 0 Å². The average Bonchev–Trinajstić information content (AvgIpc) is 2.43. The molecule has 0 aromatic heterocycles. The third kappa shape index (κ3) is 1.62. The second kappa shape index (κ2) is 3.54. The molecule has 1 aromatic rings. The molecule has 0 atom stereocenters. The van der Waals surface area contributed by atoms with Gasteiger partial charge in [-0.3, -0.25) is 0 Å². The van der Waals surface area contributed by atoms with E-state index in [9.17, 15) is 4.79 Å². The van der Waals surface area contributed by atoms with E-state index in [2.05, 4.69) is 0 Å². The fourth-order valence-electron chi connectivity index (χ4n) is 1.20. The standard InChI is InChI=1S/C11H10O3/c12-11(13)5-4-8-2-1-3-10-9(8)6-7-14-10/h1-5H,6-7H2,(H,12,13)/b5-4+/i6D2,7D2. The van der Waals surface area contributed by atoms with Crippen molar-refractivity contribution in [3.63, 3.8) is 0 Å². The maximum absolute atomic E-state index is 10.5. The Morgan fingerprint density at radius 1 is 1.64 bits per heavy atom. The molecule has 0 saturated carbocycles. The molecule has 1 aliphatic rings. The van der Waals surface area contributed by atoms with E-state index in [1.54, 1.807) is 6.07 Å². The molecule has 14 heavy (non-hydrogen) atoms. The van der Waals surface area contributed by atoms with Gasteiger partial charge in [0, 0.05) is 20.8 Å². The molecular formula is C11H10O3. The first-order chi connectivity index (χ1) is 8.25. The number of fused-ring (bicyclic) bond motifs is 1. The third-order valence-electron chi connectivity index (χ3n) is 1.80. The summed E-state index contributed by atoms with van der Waals surface area (Å²) in [6, 6.07) is 4.52. The van der Waals surface area contributed by atoms with Gasteiger partial charge in [0.15, 0.2) is 0 Å². The van der Waals surface area contributed by atoms with Gasteiger partial charge in [0.1, 0.15) is 5.75 Å². The normalized spacial score (nSPS) is 25.4. The Morgan fingerprint density at radius 2 is 2.50 bits per heavy atom. The van der Waals surface area contributed by atoms with Crippen molar-refractivity contribution in [3.8, 4) is 5.75 Å². The molecule has 72 valence electrons. The van der Waals surface area contributed by atoms with E-state index in [0.29, 0.717) is 5.56 Å². The van der Waals surface area contributed by atoms with Gasteiger partial charge in [-0.1, -0.05) is 12.1 Å². The fraction of sp³-hybridized carbons (Fsp3) is 0.182. The summed E-state index contributed by atoms with van der Waals surface area (Å²) < 4.78 is 35.5. The van der Waals surface area contributed by atoms with Gasteiger partial charge in [-0.2, -0.15) is 0 Å². The Hall–Kier alpha value is -1.77. The lowest BCUT2D eigenvalue weighted by Crippen LogP contribution is -1.88. The van der Waals surface area contributed by atoms with Crippen molar-refractivity contribution < 1.29 is 20.1 Å². The molecule has 0 bridgehead atoms. The molecule has 1 aromatic carbocycles. The second-order valence-electron chi connectivity index (χ2n) is 2.72. The molecule has 0 radical (unpaired) electrons. The Balaban J connectivity index is 2.57. The summed E-state index contributed by atoms with van der Waals surface area (Å²) in [6.07, 6.45) is -0.231. The number of hydrogen-bond acceptors (Lipinski definition) is 2. The number of carbonyl (C=O) groups is 1. The van der Waals surface area contributed by atoms with E-state index in [1.165, 1.54) is 18.2 Å². The molecule has 0 fully saturated rings. The zero-order valence-corrected chi connectivity index (χ0v) is 7.15. The maximum atomic E-state index is 10.5. The highest BCUT2D eigenvalue weighted by Gasteiger charge is 2.13. The molecule has 0 saturated heterocycles. The highest BCUT2D eigenvalue weighted by Crippen LogP contribution is 2.28. The first kappa shape index (κ1) is 5.20. The number of rotatable bonds is 2. The van der Waals surface area contributed by atoms with Gasteiger partial charge < -0.3 is 9.84 Å². The van der Waals surface area contributed by atoms with Gasteiger partial charge in [-0.15, -0.1) is 0 Å². The molecule has 1 N–H and O–H groups in total. The van der Waals surface area contributed by atoms with Gasteiger partial charge in [0.25, 0.3) is 0 Å². The van der Waals surface area contributed by atoms with Crippen LogP contribution in [0.1, 0.15) is 16.6 Å². The predicted molar refractivity (Wildman–Crippen MR) is 52.3 cm³/mol. The number of aliphatic carboxylic acids is 1. The first-order valence-electron chi connectivity index (χ1n) is 5.99. The van der Waals surface area contributed by atoms with Gasteiger partial charge in [-0.05, 0) is 17.7 Å². The van der Waals surface area contributed by atoms with E-state index in [-0.39, 0.29) is 11.3 Å². The van der Waals surface area contributed by atoms with Crippen LogP contribution in [0.25, 0.3) is 6.08 Å². The van der Waals surface area contributed by atoms with Crippen molar-refractivity contribution in [3.05, 3.63) is 35.4 Å². The van der Waals surface area contributed by atoms with Crippen LogP contribution in [0.15, 0.2) is 24.3 Å². The Morgan fingerprint density at radius 3 is 3.29 bits per heavy atom. The summed E-state index contributed by atoms with van der Waals surface area (Å²) in [5.74, 6) is -1.06. The Labute approximate surface area is 87.2 Å². The van der Waals surface area contributed by atoms with E-state index in [0.717, 1.165) is 6.08 Å². The number of carboxylic acids is 1. The van der Waals surface area contributed by atoms with Gasteiger partial charge in [0.2, 0.25) is 0 Å². The predicted octanol–water partition coefficient (Wildman–Crippen LogP) is 1.72. The molecule has 2 rings (SSSR count). The summed E-state index contributed by atoms with van der Waals surface area (Å²) in [7, 11) is 0. The smallest absolute Gasteiger partial charge is 0.328 e. The average molecular weight is 194 g/mol. The van der Waals surface area contributed by atoms with Crippen LogP contribution in [0.4, 0.5) is 0 Å². The van der Waals surface area contributed by atoms with Crippen molar-refractivity contribution in [1.29, 1.82) is 0 Å². The molecule has 0 spiro atoms. The number of hydrogen-bond donors (Lipinski definition) is 1. The Kier molecular flexibility index (Phi) is 1.31. The van der Waals surface area contributed by atoms with Crippen LogP contribution in [0.5, 0.6) is 5.75 Å². The number of benzene rings is 1. The summed E-state index contributed by atoms with van der Waals surface area (Å²) in [6.45, 7) is -2.47. The van der Waals surface area contributed by atoms with Crippen molar-refractivity contribution in [2.75, 3.05) is 6.56 Å². The molecule has 1 heterocycles. The van der Waals surface area contributed by atoms with E-state index < -0.39 is 18.9 Å². The van der Waals surface area contributed by atoms with Crippen molar-refractivity contribution in [2.45, 2.75) is 6.37 Å². The monoisotopic (exact) mass is 194 g/mol. The minimum atomic E-state index is -2.47.